The summed E-state index contributed by atoms with van der Waals surface area (Å²) in [7, 11) is 0. The highest BCUT2D eigenvalue weighted by Gasteiger charge is 2.20. The van der Waals surface area contributed by atoms with Gasteiger partial charge in [-0.15, -0.1) is 0 Å². The van der Waals surface area contributed by atoms with E-state index in [0.717, 1.165) is 22.3 Å². The van der Waals surface area contributed by atoms with Crippen molar-refractivity contribution in [3.05, 3.63) is 83.9 Å². The first kappa shape index (κ1) is 23.3. The van der Waals surface area contributed by atoms with E-state index in [2.05, 4.69) is 0 Å². The number of ether oxygens (including phenoxy) is 2. The van der Waals surface area contributed by atoms with Crippen molar-refractivity contribution in [1.29, 1.82) is 0 Å². The molecule has 0 bridgehead atoms. The minimum absolute atomic E-state index is 0.252. The van der Waals surface area contributed by atoms with Crippen LogP contribution in [0.4, 0.5) is 0 Å². The van der Waals surface area contributed by atoms with E-state index in [1.54, 1.807) is 12.1 Å². The normalized spacial score (nSPS) is 10.9. The van der Waals surface area contributed by atoms with Gasteiger partial charge >= 0.3 is 11.9 Å². The fourth-order valence-electron chi connectivity index (χ4n) is 3.39. The zero-order chi connectivity index (χ0) is 23.1. The lowest BCUT2D eigenvalue weighted by Crippen LogP contribution is -2.12. The van der Waals surface area contributed by atoms with Gasteiger partial charge in [-0.1, -0.05) is 88.4 Å². The molecule has 0 aliphatic carbocycles. The summed E-state index contributed by atoms with van der Waals surface area (Å²) in [5.74, 6) is -0.202. The summed E-state index contributed by atoms with van der Waals surface area (Å²) in [5.41, 5.74) is 4.24. The van der Waals surface area contributed by atoms with E-state index in [0.29, 0.717) is 24.3 Å². The van der Waals surface area contributed by atoms with Crippen molar-refractivity contribution in [3.63, 3.8) is 0 Å². The third-order valence-electron chi connectivity index (χ3n) is 4.90. The molecule has 0 heterocycles. The highest BCUT2D eigenvalue weighted by atomic mass is 16.5. The molecule has 0 aliphatic heterocycles. The molecule has 0 unspecified atom stereocenters. The topological polar surface area (TPSA) is 52.6 Å². The molecule has 166 valence electrons. The molecule has 0 aliphatic rings. The second-order valence-corrected chi connectivity index (χ2v) is 8.62. The van der Waals surface area contributed by atoms with Gasteiger partial charge in [-0.05, 0) is 46.2 Å². The van der Waals surface area contributed by atoms with Crippen LogP contribution in [0.1, 0.15) is 48.4 Å². The van der Waals surface area contributed by atoms with Crippen LogP contribution < -0.4 is 0 Å². The van der Waals surface area contributed by atoms with Gasteiger partial charge in [0, 0.05) is 0 Å². The fraction of sp³-hybridized carbons (Fsp3) is 0.286. The molecule has 0 aromatic heterocycles. The summed E-state index contributed by atoms with van der Waals surface area (Å²) in [5, 5.41) is 0. The van der Waals surface area contributed by atoms with Gasteiger partial charge in [0.15, 0.2) is 0 Å². The standard InChI is InChI=1S/C28H30O4/c1-19(2)17-31-27(29)25-15-9-7-13-23(25)21-11-5-6-12-22(21)24-14-8-10-16-26(24)28(30)32-18-20(3)4/h5-16,19-20H,17-18H2,1-4H3. The molecule has 3 aromatic carbocycles. The number of carbonyl (C=O) groups is 2. The number of esters is 2. The third kappa shape index (κ3) is 5.64. The minimum atomic E-state index is -0.353. The average molecular weight is 431 g/mol. The van der Waals surface area contributed by atoms with E-state index in [1.165, 1.54) is 0 Å². The molecule has 3 rings (SSSR count). The number of benzene rings is 3. The average Bonchev–Trinajstić information content (AvgIpc) is 2.81. The van der Waals surface area contributed by atoms with E-state index in [4.69, 9.17) is 9.47 Å². The minimum Gasteiger partial charge on any atom is -0.462 e. The van der Waals surface area contributed by atoms with Crippen molar-refractivity contribution in [2.24, 2.45) is 11.8 Å². The van der Waals surface area contributed by atoms with Gasteiger partial charge in [-0.25, -0.2) is 9.59 Å². The van der Waals surface area contributed by atoms with E-state index < -0.39 is 0 Å². The van der Waals surface area contributed by atoms with Gasteiger partial charge in [0.05, 0.1) is 24.3 Å². The quantitative estimate of drug-likeness (QED) is 0.376. The molecule has 3 aromatic rings. The zero-order valence-corrected chi connectivity index (χ0v) is 19.1. The monoisotopic (exact) mass is 430 g/mol. The Kier molecular flexibility index (Phi) is 7.82. The van der Waals surface area contributed by atoms with Gasteiger partial charge in [0.2, 0.25) is 0 Å². The third-order valence-corrected chi connectivity index (χ3v) is 4.90. The summed E-state index contributed by atoms with van der Waals surface area (Å²) >= 11 is 0. The van der Waals surface area contributed by atoms with Gasteiger partial charge in [0.25, 0.3) is 0 Å². The SMILES string of the molecule is CC(C)COC(=O)c1ccccc1-c1ccccc1-c1ccccc1C(=O)OCC(C)C. The predicted octanol–water partition coefficient (Wildman–Crippen LogP) is 6.65. The van der Waals surface area contributed by atoms with E-state index in [1.807, 2.05) is 88.4 Å². The molecule has 4 nitrogen and oxygen atoms in total. The van der Waals surface area contributed by atoms with Crippen LogP contribution in [0, 0.1) is 11.8 Å². The summed E-state index contributed by atoms with van der Waals surface area (Å²) in [6.07, 6.45) is 0. The van der Waals surface area contributed by atoms with Crippen LogP contribution in [0.3, 0.4) is 0 Å². The summed E-state index contributed by atoms with van der Waals surface area (Å²) < 4.78 is 11.0. The Hall–Kier alpha value is -3.40. The van der Waals surface area contributed by atoms with Gasteiger partial charge in [0.1, 0.15) is 0 Å². The first-order valence-corrected chi connectivity index (χ1v) is 11.0. The van der Waals surface area contributed by atoms with E-state index in [9.17, 15) is 9.59 Å². The largest absolute Gasteiger partial charge is 0.462 e. The Morgan fingerprint density at radius 1 is 0.562 bits per heavy atom. The van der Waals surface area contributed by atoms with Crippen molar-refractivity contribution < 1.29 is 19.1 Å². The van der Waals surface area contributed by atoms with E-state index >= 15 is 0 Å². The lowest BCUT2D eigenvalue weighted by Gasteiger charge is -2.16. The molecule has 0 N–H and O–H groups in total. The molecule has 0 fully saturated rings. The highest BCUT2D eigenvalue weighted by molar-refractivity contribution is 6.03. The number of rotatable bonds is 8. The van der Waals surface area contributed by atoms with Crippen molar-refractivity contribution in [1.82, 2.24) is 0 Å². The molecule has 0 spiro atoms. The second-order valence-electron chi connectivity index (χ2n) is 8.62. The molecule has 4 heteroatoms. The van der Waals surface area contributed by atoms with Crippen LogP contribution in [-0.4, -0.2) is 25.2 Å². The van der Waals surface area contributed by atoms with Crippen molar-refractivity contribution >= 4 is 11.9 Å². The first-order chi connectivity index (χ1) is 15.4. The Balaban J connectivity index is 2.06. The molecule has 0 radical (unpaired) electrons. The maximum Gasteiger partial charge on any atom is 0.338 e. The predicted molar refractivity (Wildman–Crippen MR) is 128 cm³/mol. The van der Waals surface area contributed by atoms with Crippen LogP contribution in [-0.2, 0) is 9.47 Å². The number of carbonyl (C=O) groups excluding carboxylic acids is 2. The second kappa shape index (κ2) is 10.8. The van der Waals surface area contributed by atoms with Crippen LogP contribution >= 0.6 is 0 Å². The fourth-order valence-corrected chi connectivity index (χ4v) is 3.39. The molecule has 0 amide bonds. The van der Waals surface area contributed by atoms with Gasteiger partial charge < -0.3 is 9.47 Å². The Morgan fingerprint density at radius 2 is 0.875 bits per heavy atom. The number of hydrogen-bond acceptors (Lipinski definition) is 4. The maximum absolute atomic E-state index is 12.8. The molecule has 0 saturated carbocycles. The molecule has 32 heavy (non-hydrogen) atoms. The first-order valence-electron chi connectivity index (χ1n) is 11.0. The van der Waals surface area contributed by atoms with Crippen molar-refractivity contribution in [3.8, 4) is 22.3 Å². The Bertz CT molecular complexity index is 996. The highest BCUT2D eigenvalue weighted by Crippen LogP contribution is 2.36. The lowest BCUT2D eigenvalue weighted by molar-refractivity contribution is 0.0451. The summed E-state index contributed by atoms with van der Waals surface area (Å²) in [6, 6.07) is 22.6. The Morgan fingerprint density at radius 3 is 1.22 bits per heavy atom. The molecule has 0 atom stereocenters. The van der Waals surface area contributed by atoms with Crippen LogP contribution in [0.25, 0.3) is 22.3 Å². The summed E-state index contributed by atoms with van der Waals surface area (Å²) in [4.78, 5) is 25.6. The van der Waals surface area contributed by atoms with Crippen LogP contribution in [0.5, 0.6) is 0 Å². The van der Waals surface area contributed by atoms with Crippen molar-refractivity contribution in [2.75, 3.05) is 13.2 Å². The van der Waals surface area contributed by atoms with Crippen LogP contribution in [0.15, 0.2) is 72.8 Å². The maximum atomic E-state index is 12.8. The van der Waals surface area contributed by atoms with Crippen molar-refractivity contribution in [2.45, 2.75) is 27.7 Å². The Labute approximate surface area is 190 Å². The lowest BCUT2D eigenvalue weighted by atomic mass is 9.90. The molecule has 0 saturated heterocycles. The van der Waals surface area contributed by atoms with Gasteiger partial charge in [-0.3, -0.25) is 0 Å². The molecular formula is C28H30O4. The van der Waals surface area contributed by atoms with Gasteiger partial charge in [-0.2, -0.15) is 0 Å². The smallest absolute Gasteiger partial charge is 0.338 e. The zero-order valence-electron chi connectivity index (χ0n) is 19.1. The number of hydrogen-bond donors (Lipinski definition) is 0. The van der Waals surface area contributed by atoms with Crippen LogP contribution in [0.2, 0.25) is 0 Å². The molecular weight excluding hydrogens is 400 g/mol. The summed E-state index contributed by atoms with van der Waals surface area (Å²) in [6.45, 7) is 8.74. The van der Waals surface area contributed by atoms with E-state index in [-0.39, 0.29) is 23.8 Å².